The molecule has 0 radical (unpaired) electrons. The Labute approximate surface area is 117 Å². The summed E-state index contributed by atoms with van der Waals surface area (Å²) in [5.41, 5.74) is 0. The Morgan fingerprint density at radius 2 is 1.32 bits per heavy atom. The third-order valence-corrected chi connectivity index (χ3v) is 2.41. The number of nitrogens with one attached hydrogen (secondary N) is 1. The van der Waals surface area contributed by atoms with Crippen LogP contribution in [0.15, 0.2) is 0 Å². The molecule has 0 heterocycles. The molecule has 0 aromatic carbocycles. The molecule has 0 rings (SSSR count). The van der Waals surface area contributed by atoms with Crippen molar-refractivity contribution in [2.24, 2.45) is 11.8 Å². The number of carbonyl (C=O) groups is 1. The largest absolute Gasteiger partial charge is 0.459 e. The number of alkyl halides is 10. The highest BCUT2D eigenvalue weighted by Gasteiger charge is 2.80. The molecule has 132 valence electrons. The van der Waals surface area contributed by atoms with E-state index in [1.165, 1.54) is 19.2 Å². The molecule has 0 aromatic heterocycles. The number of rotatable bonds is 5. The lowest BCUT2D eigenvalue weighted by atomic mass is 9.93. The summed E-state index contributed by atoms with van der Waals surface area (Å²) >= 11 is 0. The predicted molar refractivity (Wildman–Crippen MR) is 53.3 cm³/mol. The zero-order chi connectivity index (χ0) is 18.1. The molecule has 0 bridgehead atoms. The van der Waals surface area contributed by atoms with Crippen molar-refractivity contribution in [3.8, 4) is 0 Å². The highest BCUT2D eigenvalue weighted by Crippen LogP contribution is 2.53. The van der Waals surface area contributed by atoms with Crippen molar-refractivity contribution in [1.82, 2.24) is 5.32 Å². The van der Waals surface area contributed by atoms with E-state index in [1.807, 2.05) is 0 Å². The fraction of sp³-hybridized carbons (Fsp3) is 0.900. The first-order chi connectivity index (χ1) is 9.46. The van der Waals surface area contributed by atoms with Crippen molar-refractivity contribution in [2.45, 2.75) is 38.0 Å². The monoisotopic (exact) mass is 351 g/mol. The average Bonchev–Trinajstić information content (AvgIpc) is 2.21. The number of amides is 1. The Bertz CT molecular complexity index is 397. The normalized spacial score (nSPS) is 15.9. The molecule has 1 amide bonds. The molecule has 0 aromatic rings. The SMILES string of the molecule is CC(C)CNC(=O)C(C(F)(F)F)C(F)(F)C(F)(F)C(F)(F)F. The van der Waals surface area contributed by atoms with Crippen LogP contribution >= 0.6 is 0 Å². The first-order valence-corrected chi connectivity index (χ1v) is 5.63. The fourth-order valence-corrected chi connectivity index (χ4v) is 1.30. The molecule has 0 saturated carbocycles. The molecular formula is C10H11F10NO. The van der Waals surface area contributed by atoms with Crippen molar-refractivity contribution >= 4 is 5.91 Å². The van der Waals surface area contributed by atoms with Crippen molar-refractivity contribution in [1.29, 1.82) is 0 Å². The van der Waals surface area contributed by atoms with Gasteiger partial charge in [-0.3, -0.25) is 4.79 Å². The van der Waals surface area contributed by atoms with Crippen LogP contribution in [0.3, 0.4) is 0 Å². The average molecular weight is 351 g/mol. The summed E-state index contributed by atoms with van der Waals surface area (Å²) in [4.78, 5) is 11.1. The van der Waals surface area contributed by atoms with Crippen LogP contribution in [0, 0.1) is 11.8 Å². The summed E-state index contributed by atoms with van der Waals surface area (Å²) in [5.74, 6) is -21.8. The van der Waals surface area contributed by atoms with E-state index in [0.29, 0.717) is 0 Å². The van der Waals surface area contributed by atoms with E-state index in [-0.39, 0.29) is 0 Å². The highest BCUT2D eigenvalue weighted by atomic mass is 19.4. The molecule has 0 spiro atoms. The minimum atomic E-state index is -7.03. The molecule has 0 aliphatic carbocycles. The van der Waals surface area contributed by atoms with Crippen LogP contribution in [0.4, 0.5) is 43.9 Å². The predicted octanol–water partition coefficient (Wildman–Crippen LogP) is 3.77. The second-order valence-corrected chi connectivity index (χ2v) is 4.81. The second-order valence-electron chi connectivity index (χ2n) is 4.81. The Kier molecular flexibility index (Phi) is 5.77. The first-order valence-electron chi connectivity index (χ1n) is 5.63. The van der Waals surface area contributed by atoms with Gasteiger partial charge in [-0.1, -0.05) is 13.8 Å². The first kappa shape index (κ1) is 20.8. The van der Waals surface area contributed by atoms with Crippen LogP contribution in [-0.2, 0) is 4.79 Å². The number of halogens is 10. The van der Waals surface area contributed by atoms with Crippen LogP contribution in [0.1, 0.15) is 13.8 Å². The van der Waals surface area contributed by atoms with Crippen LogP contribution in [0.2, 0.25) is 0 Å². The van der Waals surface area contributed by atoms with Crippen molar-refractivity contribution < 1.29 is 48.7 Å². The van der Waals surface area contributed by atoms with Gasteiger partial charge in [0.1, 0.15) is 0 Å². The molecule has 12 heteroatoms. The summed E-state index contributed by atoms with van der Waals surface area (Å²) in [5, 5.41) is 1.28. The van der Waals surface area contributed by atoms with Gasteiger partial charge in [-0.15, -0.1) is 0 Å². The van der Waals surface area contributed by atoms with E-state index < -0.39 is 48.5 Å². The minimum absolute atomic E-state index is 0.547. The van der Waals surface area contributed by atoms with E-state index in [4.69, 9.17) is 0 Å². The van der Waals surface area contributed by atoms with Crippen molar-refractivity contribution in [3.05, 3.63) is 0 Å². The number of carbonyl (C=O) groups excluding carboxylic acids is 1. The van der Waals surface area contributed by atoms with Crippen molar-refractivity contribution in [2.75, 3.05) is 6.54 Å². The standard InChI is InChI=1S/C10H11F10NO/c1-4(2)3-21-6(22)5(8(13,14)15)7(11,12)9(16,17)10(18,19)20/h4-5H,3H2,1-2H3,(H,21,22). The molecular weight excluding hydrogens is 340 g/mol. The summed E-state index contributed by atoms with van der Waals surface area (Å²) in [6, 6.07) is 0. The van der Waals surface area contributed by atoms with E-state index in [1.54, 1.807) is 0 Å². The van der Waals surface area contributed by atoms with Crippen LogP contribution in [-0.4, -0.2) is 36.6 Å². The Hall–Kier alpha value is -1.23. The summed E-state index contributed by atoms with van der Waals surface area (Å²) in [6.07, 6.45) is -13.3. The molecule has 22 heavy (non-hydrogen) atoms. The van der Waals surface area contributed by atoms with E-state index in [0.717, 1.165) is 0 Å². The zero-order valence-electron chi connectivity index (χ0n) is 11.0. The fourth-order valence-electron chi connectivity index (χ4n) is 1.30. The van der Waals surface area contributed by atoms with Crippen LogP contribution in [0.5, 0.6) is 0 Å². The van der Waals surface area contributed by atoms with Gasteiger partial charge in [0.2, 0.25) is 11.8 Å². The van der Waals surface area contributed by atoms with Gasteiger partial charge in [0.25, 0.3) is 0 Å². The van der Waals surface area contributed by atoms with Gasteiger partial charge in [0, 0.05) is 6.54 Å². The maximum Gasteiger partial charge on any atom is 0.459 e. The molecule has 1 atom stereocenters. The van der Waals surface area contributed by atoms with E-state index in [9.17, 15) is 48.7 Å². The third kappa shape index (κ3) is 4.15. The molecule has 1 N–H and O–H groups in total. The minimum Gasteiger partial charge on any atom is -0.355 e. The molecule has 2 nitrogen and oxygen atoms in total. The van der Waals surface area contributed by atoms with Gasteiger partial charge in [-0.2, -0.15) is 43.9 Å². The third-order valence-electron chi connectivity index (χ3n) is 2.41. The van der Waals surface area contributed by atoms with E-state index in [2.05, 4.69) is 0 Å². The summed E-state index contributed by atoms with van der Waals surface area (Å²) < 4.78 is 125. The Morgan fingerprint density at radius 3 is 1.59 bits per heavy atom. The maximum absolute atomic E-state index is 13.2. The lowest BCUT2D eigenvalue weighted by molar-refractivity contribution is -0.381. The van der Waals surface area contributed by atoms with Crippen LogP contribution < -0.4 is 5.32 Å². The smallest absolute Gasteiger partial charge is 0.355 e. The lowest BCUT2D eigenvalue weighted by Crippen LogP contribution is -2.62. The van der Waals surface area contributed by atoms with Gasteiger partial charge >= 0.3 is 24.2 Å². The molecule has 0 aliphatic rings. The highest BCUT2D eigenvalue weighted by molar-refractivity contribution is 5.80. The molecule has 0 fully saturated rings. The van der Waals surface area contributed by atoms with Crippen molar-refractivity contribution in [3.63, 3.8) is 0 Å². The van der Waals surface area contributed by atoms with Crippen LogP contribution in [0.25, 0.3) is 0 Å². The van der Waals surface area contributed by atoms with Gasteiger partial charge in [0.15, 0.2) is 0 Å². The number of hydrogen-bond donors (Lipinski definition) is 1. The second kappa shape index (κ2) is 6.11. The Balaban J connectivity index is 5.76. The van der Waals surface area contributed by atoms with E-state index >= 15 is 0 Å². The quantitative estimate of drug-likeness (QED) is 0.751. The molecule has 0 aliphatic heterocycles. The molecule has 1 unspecified atom stereocenters. The maximum atomic E-state index is 13.2. The van der Waals surface area contributed by atoms with Gasteiger partial charge in [0.05, 0.1) is 0 Å². The summed E-state index contributed by atoms with van der Waals surface area (Å²) in [7, 11) is 0. The molecule has 0 saturated heterocycles. The topological polar surface area (TPSA) is 29.1 Å². The zero-order valence-corrected chi connectivity index (χ0v) is 11.0. The lowest BCUT2D eigenvalue weighted by Gasteiger charge is -2.34. The van der Waals surface area contributed by atoms with Gasteiger partial charge < -0.3 is 5.32 Å². The van der Waals surface area contributed by atoms with Gasteiger partial charge in [-0.05, 0) is 5.92 Å². The van der Waals surface area contributed by atoms with Gasteiger partial charge in [-0.25, -0.2) is 0 Å². The summed E-state index contributed by atoms with van der Waals surface area (Å²) in [6.45, 7) is 2.07. The number of hydrogen-bond acceptors (Lipinski definition) is 1. The Morgan fingerprint density at radius 1 is 0.909 bits per heavy atom.